The maximum Gasteiger partial charge on any atom is 0.377 e. The second kappa shape index (κ2) is 3.75. The highest BCUT2D eigenvalue weighted by atomic mass is 79.9. The number of phenols is 1. The first-order chi connectivity index (χ1) is 6.43. The molecule has 2 N–H and O–H groups in total. The molecular weight excluding hydrogens is 259 g/mol. The SMILES string of the molecule is O=C(O)C(=O)c1cc(F)c(O)c(Br)c1. The smallest absolute Gasteiger partial charge is 0.377 e. The molecule has 0 spiro atoms. The number of carbonyl (C=O) groups is 2. The van der Waals surface area contributed by atoms with Crippen LogP contribution in [0.15, 0.2) is 16.6 Å². The molecule has 74 valence electrons. The fraction of sp³-hybridized carbons (Fsp3) is 0. The standard InChI is InChI=1S/C8H4BrFO4/c9-4-1-3(6(11)8(13)14)2-5(10)7(4)12/h1-2,12H,(H,13,14). The van der Waals surface area contributed by atoms with Gasteiger partial charge in [-0.15, -0.1) is 0 Å². The van der Waals surface area contributed by atoms with Gasteiger partial charge in [0.2, 0.25) is 0 Å². The van der Waals surface area contributed by atoms with Crippen molar-refractivity contribution in [3.63, 3.8) is 0 Å². The summed E-state index contributed by atoms with van der Waals surface area (Å²) < 4.78 is 12.8. The number of aliphatic carboxylic acids is 1. The van der Waals surface area contributed by atoms with Crippen LogP contribution in [-0.4, -0.2) is 22.0 Å². The fourth-order valence-electron chi connectivity index (χ4n) is 0.820. The third kappa shape index (κ3) is 1.90. The molecule has 0 heterocycles. The van der Waals surface area contributed by atoms with E-state index in [0.29, 0.717) is 6.07 Å². The van der Waals surface area contributed by atoms with Crippen LogP contribution in [0.5, 0.6) is 5.75 Å². The normalized spacial score (nSPS) is 9.86. The van der Waals surface area contributed by atoms with E-state index in [9.17, 15) is 14.0 Å². The zero-order chi connectivity index (χ0) is 10.9. The lowest BCUT2D eigenvalue weighted by atomic mass is 10.1. The van der Waals surface area contributed by atoms with Crippen molar-refractivity contribution in [2.75, 3.05) is 0 Å². The van der Waals surface area contributed by atoms with E-state index in [1.165, 1.54) is 0 Å². The summed E-state index contributed by atoms with van der Waals surface area (Å²) in [6.45, 7) is 0. The van der Waals surface area contributed by atoms with Gasteiger partial charge in [-0.05, 0) is 28.1 Å². The number of hydrogen-bond acceptors (Lipinski definition) is 3. The molecule has 0 aliphatic carbocycles. The number of phenolic OH excluding ortho intramolecular Hbond substituents is 1. The topological polar surface area (TPSA) is 74.6 Å². The van der Waals surface area contributed by atoms with E-state index in [0.717, 1.165) is 6.07 Å². The van der Waals surface area contributed by atoms with Crippen LogP contribution in [-0.2, 0) is 4.79 Å². The van der Waals surface area contributed by atoms with Crippen molar-refractivity contribution in [1.29, 1.82) is 0 Å². The van der Waals surface area contributed by atoms with Crippen LogP contribution in [0, 0.1) is 5.82 Å². The third-order valence-electron chi connectivity index (χ3n) is 1.47. The van der Waals surface area contributed by atoms with Gasteiger partial charge >= 0.3 is 5.97 Å². The largest absolute Gasteiger partial charge is 0.504 e. The predicted octanol–water partition coefficient (Wildman–Crippen LogP) is 1.56. The van der Waals surface area contributed by atoms with E-state index in [1.54, 1.807) is 0 Å². The Morgan fingerprint density at radius 1 is 1.36 bits per heavy atom. The van der Waals surface area contributed by atoms with Crippen molar-refractivity contribution >= 4 is 27.7 Å². The summed E-state index contributed by atoms with van der Waals surface area (Å²) in [5.74, 6) is -4.62. The van der Waals surface area contributed by atoms with Gasteiger partial charge in [-0.25, -0.2) is 9.18 Å². The minimum Gasteiger partial charge on any atom is -0.504 e. The average Bonchev–Trinajstić information content (AvgIpc) is 2.12. The molecule has 0 saturated carbocycles. The van der Waals surface area contributed by atoms with Gasteiger partial charge < -0.3 is 10.2 Å². The summed E-state index contributed by atoms with van der Waals surface area (Å²) >= 11 is 2.78. The van der Waals surface area contributed by atoms with Gasteiger partial charge in [0.25, 0.3) is 5.78 Å². The highest BCUT2D eigenvalue weighted by Gasteiger charge is 2.18. The highest BCUT2D eigenvalue weighted by Crippen LogP contribution is 2.28. The number of carboxylic acid groups (broad SMARTS) is 1. The number of halogens is 2. The molecule has 14 heavy (non-hydrogen) atoms. The van der Waals surface area contributed by atoms with Crippen LogP contribution < -0.4 is 0 Å². The van der Waals surface area contributed by atoms with E-state index in [1.807, 2.05) is 0 Å². The number of benzene rings is 1. The fourth-order valence-corrected chi connectivity index (χ4v) is 1.26. The molecule has 0 fully saturated rings. The summed E-state index contributed by atoms with van der Waals surface area (Å²) in [6, 6.07) is 1.70. The van der Waals surface area contributed by atoms with E-state index < -0.39 is 23.3 Å². The number of ketones is 1. The van der Waals surface area contributed by atoms with Crippen molar-refractivity contribution in [3.8, 4) is 5.75 Å². The Morgan fingerprint density at radius 3 is 2.36 bits per heavy atom. The summed E-state index contributed by atoms with van der Waals surface area (Å²) in [5.41, 5.74) is -0.334. The van der Waals surface area contributed by atoms with E-state index in [2.05, 4.69) is 15.9 Å². The van der Waals surface area contributed by atoms with Crippen molar-refractivity contribution in [2.24, 2.45) is 0 Å². The quantitative estimate of drug-likeness (QED) is 0.627. The number of Topliss-reactive ketones (excluding diaryl/α,β-unsaturated/α-hetero) is 1. The van der Waals surface area contributed by atoms with Gasteiger partial charge in [0.1, 0.15) is 0 Å². The van der Waals surface area contributed by atoms with Crippen LogP contribution >= 0.6 is 15.9 Å². The van der Waals surface area contributed by atoms with E-state index >= 15 is 0 Å². The Kier molecular flexibility index (Phi) is 2.85. The first-order valence-electron chi connectivity index (χ1n) is 3.39. The number of aromatic hydroxyl groups is 1. The molecule has 6 heteroatoms. The Morgan fingerprint density at radius 2 is 1.93 bits per heavy atom. The zero-order valence-corrected chi connectivity index (χ0v) is 8.21. The van der Waals surface area contributed by atoms with Crippen LogP contribution in [0.3, 0.4) is 0 Å². The molecule has 0 amide bonds. The lowest BCUT2D eigenvalue weighted by Crippen LogP contribution is -2.12. The maximum absolute atomic E-state index is 12.8. The second-order valence-electron chi connectivity index (χ2n) is 2.42. The Hall–Kier alpha value is -1.43. The van der Waals surface area contributed by atoms with Gasteiger partial charge in [0.15, 0.2) is 11.6 Å². The molecule has 0 saturated heterocycles. The lowest BCUT2D eigenvalue weighted by Gasteiger charge is -2.01. The molecule has 0 atom stereocenters. The number of carboxylic acids is 1. The van der Waals surface area contributed by atoms with Crippen molar-refractivity contribution in [3.05, 3.63) is 28.0 Å². The second-order valence-corrected chi connectivity index (χ2v) is 3.28. The van der Waals surface area contributed by atoms with Crippen molar-refractivity contribution in [1.82, 2.24) is 0 Å². The molecule has 0 aliphatic rings. The molecule has 0 aliphatic heterocycles. The summed E-state index contributed by atoms with van der Waals surface area (Å²) in [6.07, 6.45) is 0. The first kappa shape index (κ1) is 10.6. The van der Waals surface area contributed by atoms with Crippen molar-refractivity contribution < 1.29 is 24.2 Å². The number of carbonyl (C=O) groups excluding carboxylic acids is 1. The van der Waals surface area contributed by atoms with E-state index in [4.69, 9.17) is 10.2 Å². The summed E-state index contributed by atoms with van der Waals surface area (Å²) in [7, 11) is 0. The molecule has 1 rings (SSSR count). The Bertz CT molecular complexity index is 393. The van der Waals surface area contributed by atoms with Crippen LogP contribution in [0.1, 0.15) is 10.4 Å². The van der Waals surface area contributed by atoms with Gasteiger partial charge in [-0.2, -0.15) is 0 Å². The van der Waals surface area contributed by atoms with E-state index in [-0.39, 0.29) is 10.0 Å². The predicted molar refractivity (Wildman–Crippen MR) is 47.7 cm³/mol. The monoisotopic (exact) mass is 262 g/mol. The first-order valence-corrected chi connectivity index (χ1v) is 4.18. The molecule has 1 aromatic carbocycles. The van der Waals surface area contributed by atoms with Crippen LogP contribution in [0.25, 0.3) is 0 Å². The molecule has 1 aromatic rings. The highest BCUT2D eigenvalue weighted by molar-refractivity contribution is 9.10. The van der Waals surface area contributed by atoms with Gasteiger partial charge in [0, 0.05) is 5.56 Å². The van der Waals surface area contributed by atoms with Gasteiger partial charge in [-0.1, -0.05) is 0 Å². The minimum absolute atomic E-state index is 0.0675. The molecular formula is C8H4BrFO4. The molecule has 0 radical (unpaired) electrons. The average molecular weight is 263 g/mol. The molecule has 4 nitrogen and oxygen atoms in total. The Balaban J connectivity index is 3.26. The lowest BCUT2D eigenvalue weighted by molar-refractivity contribution is -0.131. The Labute approximate surface area is 86.1 Å². The molecule has 0 unspecified atom stereocenters. The zero-order valence-electron chi connectivity index (χ0n) is 6.62. The summed E-state index contributed by atoms with van der Waals surface area (Å²) in [5, 5.41) is 17.3. The molecule has 0 aromatic heterocycles. The third-order valence-corrected chi connectivity index (χ3v) is 2.08. The van der Waals surface area contributed by atoms with Gasteiger partial charge in [-0.3, -0.25) is 4.79 Å². The maximum atomic E-state index is 12.8. The van der Waals surface area contributed by atoms with Crippen molar-refractivity contribution in [2.45, 2.75) is 0 Å². The van der Waals surface area contributed by atoms with Gasteiger partial charge in [0.05, 0.1) is 4.47 Å². The van der Waals surface area contributed by atoms with Crippen LogP contribution in [0.4, 0.5) is 4.39 Å². The number of hydrogen-bond donors (Lipinski definition) is 2. The minimum atomic E-state index is -1.68. The number of rotatable bonds is 2. The van der Waals surface area contributed by atoms with Crippen LogP contribution in [0.2, 0.25) is 0 Å². The summed E-state index contributed by atoms with van der Waals surface area (Å²) in [4.78, 5) is 21.1. The molecule has 0 bridgehead atoms.